The molecular formula is C17H19N3OS. The quantitative estimate of drug-likeness (QED) is 0.716. The van der Waals surface area contributed by atoms with Gasteiger partial charge in [0.2, 0.25) is 0 Å². The van der Waals surface area contributed by atoms with Gasteiger partial charge < -0.3 is 11.1 Å². The van der Waals surface area contributed by atoms with Gasteiger partial charge in [0.05, 0.1) is 11.2 Å². The molecule has 0 fully saturated rings. The van der Waals surface area contributed by atoms with Crippen LogP contribution in [0.2, 0.25) is 0 Å². The van der Waals surface area contributed by atoms with Crippen molar-refractivity contribution in [3.63, 3.8) is 0 Å². The first kappa shape index (κ1) is 14.8. The Hall–Kier alpha value is -2.14. The highest BCUT2D eigenvalue weighted by molar-refractivity contribution is 7.21. The van der Waals surface area contributed by atoms with E-state index < -0.39 is 0 Å². The third-order valence-corrected chi connectivity index (χ3v) is 4.48. The summed E-state index contributed by atoms with van der Waals surface area (Å²) in [6.07, 6.45) is 0. The fourth-order valence-electron chi connectivity index (χ4n) is 2.37. The summed E-state index contributed by atoms with van der Waals surface area (Å²) in [5.74, 6) is -0.145. The van der Waals surface area contributed by atoms with Gasteiger partial charge in [0.1, 0.15) is 9.71 Å². The molecule has 4 nitrogen and oxygen atoms in total. The van der Waals surface area contributed by atoms with E-state index in [1.807, 2.05) is 52.0 Å². The number of pyridine rings is 1. The normalized spacial score (nSPS) is 12.0. The van der Waals surface area contributed by atoms with Crippen molar-refractivity contribution in [1.29, 1.82) is 0 Å². The molecule has 0 aliphatic rings. The van der Waals surface area contributed by atoms with Crippen LogP contribution in [-0.4, -0.2) is 16.4 Å². The molecule has 0 saturated carbocycles. The number of amides is 1. The number of anilines is 1. The molecule has 0 saturated heterocycles. The summed E-state index contributed by atoms with van der Waals surface area (Å²) in [6.45, 7) is 7.88. The van der Waals surface area contributed by atoms with Crippen LogP contribution in [0.15, 0.2) is 24.3 Å². The highest BCUT2D eigenvalue weighted by atomic mass is 32.1. The Labute approximate surface area is 133 Å². The van der Waals surface area contributed by atoms with E-state index >= 15 is 0 Å². The Bertz CT molecular complexity index is 890. The Morgan fingerprint density at radius 1 is 1.27 bits per heavy atom. The summed E-state index contributed by atoms with van der Waals surface area (Å²) in [5.41, 5.74) is 8.49. The minimum absolute atomic E-state index is 0.145. The predicted molar refractivity (Wildman–Crippen MR) is 93.5 cm³/mol. The summed E-state index contributed by atoms with van der Waals surface area (Å²) < 4.78 is 0. The average Bonchev–Trinajstić information content (AvgIpc) is 2.71. The number of carbonyl (C=O) groups is 1. The second kappa shape index (κ2) is 4.95. The molecule has 1 aromatic carbocycles. The molecule has 0 unspecified atom stereocenters. The van der Waals surface area contributed by atoms with Crippen LogP contribution in [0.4, 0.5) is 5.69 Å². The fraction of sp³-hybridized carbons (Fsp3) is 0.294. The molecule has 0 radical (unpaired) electrons. The SMILES string of the molecule is Cc1ccc2cc3c(N)c(C(=O)NC(C)(C)C)sc3nc2c1. The lowest BCUT2D eigenvalue weighted by Gasteiger charge is -2.19. The molecule has 2 aromatic heterocycles. The predicted octanol–water partition coefficient (Wildman–Crippen LogP) is 3.87. The van der Waals surface area contributed by atoms with Gasteiger partial charge in [-0.3, -0.25) is 4.79 Å². The van der Waals surface area contributed by atoms with Crippen LogP contribution in [0.25, 0.3) is 21.1 Å². The van der Waals surface area contributed by atoms with Crippen molar-refractivity contribution in [1.82, 2.24) is 10.3 Å². The topological polar surface area (TPSA) is 68.0 Å². The third-order valence-electron chi connectivity index (χ3n) is 3.37. The summed E-state index contributed by atoms with van der Waals surface area (Å²) in [7, 11) is 0. The number of nitrogen functional groups attached to an aromatic ring is 1. The van der Waals surface area contributed by atoms with E-state index in [1.165, 1.54) is 11.3 Å². The number of hydrogen-bond donors (Lipinski definition) is 2. The van der Waals surface area contributed by atoms with Gasteiger partial charge in [-0.05, 0) is 45.4 Å². The fourth-order valence-corrected chi connectivity index (χ4v) is 3.35. The Morgan fingerprint density at radius 2 is 2.00 bits per heavy atom. The molecule has 0 aliphatic carbocycles. The molecular weight excluding hydrogens is 294 g/mol. The zero-order valence-electron chi connectivity index (χ0n) is 13.2. The minimum Gasteiger partial charge on any atom is -0.397 e. The van der Waals surface area contributed by atoms with Crippen molar-refractivity contribution in [2.75, 3.05) is 5.73 Å². The van der Waals surface area contributed by atoms with E-state index in [-0.39, 0.29) is 11.4 Å². The van der Waals surface area contributed by atoms with Gasteiger partial charge in [-0.15, -0.1) is 11.3 Å². The molecule has 1 amide bonds. The summed E-state index contributed by atoms with van der Waals surface area (Å²) in [4.78, 5) is 18.4. The van der Waals surface area contributed by atoms with Gasteiger partial charge in [0.25, 0.3) is 5.91 Å². The number of nitrogens with one attached hydrogen (secondary N) is 1. The van der Waals surface area contributed by atoms with Gasteiger partial charge in [0.15, 0.2) is 0 Å². The first-order valence-corrected chi connectivity index (χ1v) is 7.98. The Kier molecular flexibility index (Phi) is 3.33. The smallest absolute Gasteiger partial charge is 0.263 e. The van der Waals surface area contributed by atoms with E-state index in [2.05, 4.69) is 10.3 Å². The van der Waals surface area contributed by atoms with Gasteiger partial charge in [-0.1, -0.05) is 12.1 Å². The first-order valence-electron chi connectivity index (χ1n) is 7.16. The average molecular weight is 313 g/mol. The molecule has 5 heteroatoms. The van der Waals surface area contributed by atoms with Crippen LogP contribution in [0.3, 0.4) is 0 Å². The number of aromatic nitrogens is 1. The Balaban J connectivity index is 2.16. The number of thiophene rings is 1. The molecule has 0 spiro atoms. The van der Waals surface area contributed by atoms with E-state index in [9.17, 15) is 4.79 Å². The van der Waals surface area contributed by atoms with Crippen molar-refractivity contribution in [2.45, 2.75) is 33.2 Å². The standard InChI is InChI=1S/C17H19N3OS/c1-9-5-6-10-8-11-13(18)14(15(21)20-17(2,3)4)22-16(11)19-12(10)7-9/h5-8H,18H2,1-4H3,(H,20,21). The van der Waals surface area contributed by atoms with Crippen LogP contribution >= 0.6 is 11.3 Å². The van der Waals surface area contributed by atoms with Gasteiger partial charge in [0, 0.05) is 16.3 Å². The second-order valence-corrected chi connectivity index (χ2v) is 7.59. The largest absolute Gasteiger partial charge is 0.397 e. The van der Waals surface area contributed by atoms with Crippen molar-refractivity contribution in [2.24, 2.45) is 0 Å². The van der Waals surface area contributed by atoms with Gasteiger partial charge >= 0.3 is 0 Å². The maximum absolute atomic E-state index is 12.4. The number of nitrogens with two attached hydrogens (primary N) is 1. The van der Waals surface area contributed by atoms with E-state index in [0.717, 1.165) is 26.7 Å². The molecule has 0 bridgehead atoms. The van der Waals surface area contributed by atoms with Gasteiger partial charge in [-0.25, -0.2) is 4.98 Å². The molecule has 3 N–H and O–H groups in total. The van der Waals surface area contributed by atoms with Gasteiger partial charge in [-0.2, -0.15) is 0 Å². The zero-order chi connectivity index (χ0) is 16.1. The monoisotopic (exact) mass is 313 g/mol. The zero-order valence-corrected chi connectivity index (χ0v) is 14.0. The summed E-state index contributed by atoms with van der Waals surface area (Å²) in [6, 6.07) is 8.13. The highest BCUT2D eigenvalue weighted by Gasteiger charge is 2.21. The van der Waals surface area contributed by atoms with Crippen LogP contribution in [0.1, 0.15) is 36.0 Å². The van der Waals surface area contributed by atoms with Crippen LogP contribution < -0.4 is 11.1 Å². The molecule has 3 rings (SSSR count). The van der Waals surface area contributed by atoms with Crippen molar-refractivity contribution in [3.05, 3.63) is 34.7 Å². The number of fused-ring (bicyclic) bond motifs is 2. The summed E-state index contributed by atoms with van der Waals surface area (Å²) in [5, 5.41) is 4.83. The molecule has 3 aromatic rings. The second-order valence-electron chi connectivity index (χ2n) is 6.59. The van der Waals surface area contributed by atoms with Crippen LogP contribution in [0.5, 0.6) is 0 Å². The van der Waals surface area contributed by atoms with Crippen molar-refractivity contribution in [3.8, 4) is 0 Å². The number of nitrogens with zero attached hydrogens (tertiary/aromatic N) is 1. The van der Waals surface area contributed by atoms with Crippen LogP contribution in [0, 0.1) is 6.92 Å². The molecule has 114 valence electrons. The first-order chi connectivity index (χ1) is 10.2. The third kappa shape index (κ3) is 2.64. The van der Waals surface area contributed by atoms with E-state index in [0.29, 0.717) is 10.6 Å². The van der Waals surface area contributed by atoms with Crippen molar-refractivity contribution < 1.29 is 4.79 Å². The van der Waals surface area contributed by atoms with E-state index in [4.69, 9.17) is 5.73 Å². The lowest BCUT2D eigenvalue weighted by Crippen LogP contribution is -2.40. The number of hydrogen-bond acceptors (Lipinski definition) is 4. The maximum Gasteiger partial charge on any atom is 0.263 e. The lowest BCUT2D eigenvalue weighted by molar-refractivity contribution is 0.0924. The summed E-state index contributed by atoms with van der Waals surface area (Å²) >= 11 is 1.35. The highest BCUT2D eigenvalue weighted by Crippen LogP contribution is 2.34. The molecule has 0 atom stereocenters. The minimum atomic E-state index is -0.297. The molecule has 22 heavy (non-hydrogen) atoms. The number of carbonyl (C=O) groups excluding carboxylic acids is 1. The number of aryl methyl sites for hydroxylation is 1. The van der Waals surface area contributed by atoms with Crippen LogP contribution in [-0.2, 0) is 0 Å². The molecule has 2 heterocycles. The maximum atomic E-state index is 12.4. The van der Waals surface area contributed by atoms with E-state index in [1.54, 1.807) is 0 Å². The Morgan fingerprint density at radius 3 is 2.68 bits per heavy atom. The number of rotatable bonds is 1. The van der Waals surface area contributed by atoms with Crippen molar-refractivity contribution >= 4 is 44.1 Å². The number of benzene rings is 1. The molecule has 0 aliphatic heterocycles. The lowest BCUT2D eigenvalue weighted by atomic mass is 10.1.